The zero-order valence-corrected chi connectivity index (χ0v) is 14.3. The molecule has 8 nitrogen and oxygen atoms in total. The number of carbonyl (C=O) groups is 3. The Bertz CT molecular complexity index is 742. The zero-order chi connectivity index (χ0) is 18.8. The van der Waals surface area contributed by atoms with Gasteiger partial charge in [0.1, 0.15) is 11.5 Å². The summed E-state index contributed by atoms with van der Waals surface area (Å²) in [7, 11) is 0. The minimum atomic E-state index is -0.727. The molecule has 8 heteroatoms. The highest BCUT2D eigenvalue weighted by molar-refractivity contribution is 5.95. The van der Waals surface area contributed by atoms with Gasteiger partial charge in [0.2, 0.25) is 0 Å². The maximum atomic E-state index is 11.6. The predicted octanol–water partition coefficient (Wildman–Crippen LogP) is 1.93. The van der Waals surface area contributed by atoms with Crippen molar-refractivity contribution in [3.05, 3.63) is 54.0 Å². The summed E-state index contributed by atoms with van der Waals surface area (Å²) in [5.41, 5.74) is 0.959. The van der Waals surface area contributed by atoms with Crippen molar-refractivity contribution >= 4 is 17.9 Å². The van der Waals surface area contributed by atoms with Crippen LogP contribution in [0.2, 0.25) is 0 Å². The molecule has 3 amide bonds. The molecule has 1 heterocycles. The summed E-state index contributed by atoms with van der Waals surface area (Å²) < 4.78 is 15.3. The lowest BCUT2D eigenvalue weighted by atomic mass is 10.2. The molecule has 0 bridgehead atoms. The van der Waals surface area contributed by atoms with E-state index in [1.54, 1.807) is 18.2 Å². The van der Waals surface area contributed by atoms with Crippen LogP contribution in [0.4, 0.5) is 4.79 Å². The van der Waals surface area contributed by atoms with Crippen LogP contribution in [0.25, 0.3) is 0 Å². The van der Waals surface area contributed by atoms with Gasteiger partial charge in [-0.1, -0.05) is 18.2 Å². The number of rotatable bonds is 8. The lowest BCUT2D eigenvalue weighted by Crippen LogP contribution is -2.41. The van der Waals surface area contributed by atoms with Crippen LogP contribution in [0.15, 0.2) is 47.1 Å². The monoisotopic (exact) mass is 360 g/mol. The minimum Gasteiger partial charge on any atom is -0.493 e. The normalized spacial score (nSPS) is 10.0. The largest absolute Gasteiger partial charge is 0.493 e. The molecule has 0 spiro atoms. The molecule has 0 saturated heterocycles. The highest BCUT2D eigenvalue weighted by Crippen LogP contribution is 2.16. The number of carbonyl (C=O) groups excluding carboxylic acids is 3. The molecular formula is C18H20N2O6. The van der Waals surface area contributed by atoms with Crippen molar-refractivity contribution in [2.45, 2.75) is 19.9 Å². The smallest absolute Gasteiger partial charge is 0.321 e. The third kappa shape index (κ3) is 6.68. The number of urea groups is 1. The van der Waals surface area contributed by atoms with Crippen molar-refractivity contribution in [2.75, 3.05) is 13.2 Å². The molecule has 0 unspecified atom stereocenters. The number of esters is 1. The second-order valence-electron chi connectivity index (χ2n) is 5.33. The highest BCUT2D eigenvalue weighted by atomic mass is 16.5. The van der Waals surface area contributed by atoms with Gasteiger partial charge in [-0.2, -0.15) is 0 Å². The van der Waals surface area contributed by atoms with Crippen LogP contribution in [0.3, 0.4) is 0 Å². The molecule has 0 saturated carbocycles. The van der Waals surface area contributed by atoms with E-state index in [2.05, 4.69) is 5.32 Å². The van der Waals surface area contributed by atoms with E-state index < -0.39 is 24.5 Å². The standard InChI is InChI=1S/C18H20N2O6/c1-13-5-2-3-7-15(13)25-10-8-17(22)26-12-16(21)20-18(23)19-11-14-6-4-9-24-14/h2-7,9H,8,10-12H2,1H3,(H2,19,20,21,23). The predicted molar refractivity (Wildman–Crippen MR) is 91.3 cm³/mol. The van der Waals surface area contributed by atoms with Crippen molar-refractivity contribution < 1.29 is 28.3 Å². The van der Waals surface area contributed by atoms with Crippen LogP contribution in [0, 0.1) is 6.92 Å². The van der Waals surface area contributed by atoms with Crippen LogP contribution < -0.4 is 15.4 Å². The molecule has 2 N–H and O–H groups in total. The highest BCUT2D eigenvalue weighted by Gasteiger charge is 2.11. The Morgan fingerprint density at radius 3 is 2.65 bits per heavy atom. The summed E-state index contributed by atoms with van der Waals surface area (Å²) in [5, 5.41) is 4.48. The maximum absolute atomic E-state index is 11.6. The molecule has 0 aliphatic heterocycles. The topological polar surface area (TPSA) is 107 Å². The summed E-state index contributed by atoms with van der Waals surface area (Å²) in [6.45, 7) is 1.63. The molecule has 26 heavy (non-hydrogen) atoms. The third-order valence-electron chi connectivity index (χ3n) is 3.28. The second-order valence-corrected chi connectivity index (χ2v) is 5.33. The number of benzene rings is 1. The van der Waals surface area contributed by atoms with Crippen molar-refractivity contribution in [2.24, 2.45) is 0 Å². The summed E-state index contributed by atoms with van der Waals surface area (Å²) >= 11 is 0. The average molecular weight is 360 g/mol. The van der Waals surface area contributed by atoms with Gasteiger partial charge in [-0.15, -0.1) is 0 Å². The summed E-state index contributed by atoms with van der Waals surface area (Å²) in [4.78, 5) is 34.7. The Balaban J connectivity index is 1.58. The van der Waals surface area contributed by atoms with Gasteiger partial charge in [0.05, 0.1) is 25.8 Å². The first-order chi connectivity index (χ1) is 12.5. The maximum Gasteiger partial charge on any atom is 0.321 e. The van der Waals surface area contributed by atoms with E-state index >= 15 is 0 Å². The molecule has 1 aromatic heterocycles. The molecule has 1 aromatic carbocycles. The van der Waals surface area contributed by atoms with Gasteiger partial charge < -0.3 is 19.2 Å². The van der Waals surface area contributed by atoms with Crippen molar-refractivity contribution in [1.82, 2.24) is 10.6 Å². The van der Waals surface area contributed by atoms with Crippen LogP contribution in [0.1, 0.15) is 17.7 Å². The quantitative estimate of drug-likeness (QED) is 0.697. The zero-order valence-electron chi connectivity index (χ0n) is 14.3. The molecular weight excluding hydrogens is 340 g/mol. The van der Waals surface area contributed by atoms with Crippen LogP contribution in [-0.2, 0) is 20.9 Å². The van der Waals surface area contributed by atoms with Crippen molar-refractivity contribution in [3.8, 4) is 5.75 Å². The second kappa shape index (κ2) is 9.87. The first-order valence-electron chi connectivity index (χ1n) is 7.98. The Kier molecular flexibility index (Phi) is 7.23. The number of nitrogens with one attached hydrogen (secondary N) is 2. The Hall–Kier alpha value is -3.29. The Labute approximate surface area is 150 Å². The van der Waals surface area contributed by atoms with Gasteiger partial charge in [0, 0.05) is 0 Å². The summed E-state index contributed by atoms with van der Waals surface area (Å²) in [6, 6.07) is 10.1. The van der Waals surface area contributed by atoms with Gasteiger partial charge in [0.25, 0.3) is 5.91 Å². The molecule has 0 atom stereocenters. The molecule has 0 radical (unpaired) electrons. The molecule has 2 rings (SSSR count). The average Bonchev–Trinajstić information content (AvgIpc) is 3.13. The Morgan fingerprint density at radius 1 is 1.12 bits per heavy atom. The van der Waals surface area contributed by atoms with E-state index in [-0.39, 0.29) is 19.6 Å². The number of imide groups is 1. The van der Waals surface area contributed by atoms with Gasteiger partial charge in [-0.05, 0) is 30.7 Å². The van der Waals surface area contributed by atoms with Gasteiger partial charge in [-0.25, -0.2) is 4.79 Å². The summed E-state index contributed by atoms with van der Waals surface area (Å²) in [6.07, 6.45) is 1.47. The van der Waals surface area contributed by atoms with E-state index in [0.29, 0.717) is 11.5 Å². The number of furan rings is 1. The fraction of sp³-hybridized carbons (Fsp3) is 0.278. The van der Waals surface area contributed by atoms with Crippen LogP contribution >= 0.6 is 0 Å². The molecule has 2 aromatic rings. The van der Waals surface area contributed by atoms with E-state index in [9.17, 15) is 14.4 Å². The van der Waals surface area contributed by atoms with Gasteiger partial charge >= 0.3 is 12.0 Å². The molecule has 138 valence electrons. The third-order valence-corrected chi connectivity index (χ3v) is 3.28. The van der Waals surface area contributed by atoms with Gasteiger partial charge in [-0.3, -0.25) is 14.9 Å². The van der Waals surface area contributed by atoms with Crippen LogP contribution in [-0.4, -0.2) is 31.1 Å². The minimum absolute atomic E-state index is 0.00763. The molecule has 0 fully saturated rings. The van der Waals surface area contributed by atoms with Crippen molar-refractivity contribution in [1.29, 1.82) is 0 Å². The number of aryl methyl sites for hydroxylation is 1. The van der Waals surface area contributed by atoms with Crippen molar-refractivity contribution in [3.63, 3.8) is 0 Å². The first kappa shape index (κ1) is 19.0. The van der Waals surface area contributed by atoms with E-state index in [1.807, 2.05) is 30.4 Å². The van der Waals surface area contributed by atoms with Crippen LogP contribution in [0.5, 0.6) is 5.75 Å². The van der Waals surface area contributed by atoms with E-state index in [0.717, 1.165) is 5.56 Å². The fourth-order valence-corrected chi connectivity index (χ4v) is 1.97. The lowest BCUT2D eigenvalue weighted by Gasteiger charge is -2.09. The number of ether oxygens (including phenoxy) is 2. The number of para-hydroxylation sites is 1. The summed E-state index contributed by atoms with van der Waals surface area (Å²) in [5.74, 6) is -0.0844. The van der Waals surface area contributed by atoms with E-state index in [1.165, 1.54) is 6.26 Å². The molecule has 0 aliphatic carbocycles. The number of amides is 3. The van der Waals surface area contributed by atoms with E-state index in [4.69, 9.17) is 13.9 Å². The number of hydrogen-bond acceptors (Lipinski definition) is 6. The fourth-order valence-electron chi connectivity index (χ4n) is 1.97. The van der Waals surface area contributed by atoms with Gasteiger partial charge in [0.15, 0.2) is 6.61 Å². The first-order valence-corrected chi connectivity index (χ1v) is 7.98. The Morgan fingerprint density at radius 2 is 1.92 bits per heavy atom. The SMILES string of the molecule is Cc1ccccc1OCCC(=O)OCC(=O)NC(=O)NCc1ccco1. The number of hydrogen-bond donors (Lipinski definition) is 2. The molecule has 0 aliphatic rings. The lowest BCUT2D eigenvalue weighted by molar-refractivity contribution is -0.148.